The average Bonchev–Trinajstić information content (AvgIpc) is 2.41. The van der Waals surface area contributed by atoms with Crippen LogP contribution in [0.15, 0.2) is 40.9 Å². The molecule has 0 heterocycles. The van der Waals surface area contributed by atoms with Crippen LogP contribution in [0, 0.1) is 18.3 Å². The summed E-state index contributed by atoms with van der Waals surface area (Å²) in [5, 5.41) is 18.0. The molecule has 0 fully saturated rings. The number of benzene rings is 2. The quantitative estimate of drug-likeness (QED) is 0.918. The number of halogens is 1. The third-order valence-corrected chi connectivity index (χ3v) is 3.39. The van der Waals surface area contributed by atoms with Crippen molar-refractivity contribution in [2.24, 2.45) is 0 Å². The Morgan fingerprint density at radius 3 is 2.65 bits per heavy atom. The summed E-state index contributed by atoms with van der Waals surface area (Å²) >= 11 is 3.29. The van der Waals surface area contributed by atoms with Gasteiger partial charge in [0, 0.05) is 4.47 Å². The molecule has 5 heteroatoms. The Morgan fingerprint density at radius 2 is 2.05 bits per heavy atom. The number of carboxylic acid groups (broad SMARTS) is 1. The lowest BCUT2D eigenvalue weighted by Crippen LogP contribution is -1.98. The van der Waals surface area contributed by atoms with E-state index in [9.17, 15) is 4.79 Å². The average molecular weight is 332 g/mol. The fourth-order valence-corrected chi connectivity index (χ4v) is 2.15. The van der Waals surface area contributed by atoms with E-state index in [0.29, 0.717) is 27.1 Å². The minimum atomic E-state index is -0.986. The molecule has 100 valence electrons. The van der Waals surface area contributed by atoms with Gasteiger partial charge in [-0.25, -0.2) is 4.79 Å². The summed E-state index contributed by atoms with van der Waals surface area (Å²) in [5.41, 5.74) is 1.28. The van der Waals surface area contributed by atoms with Crippen LogP contribution in [0.5, 0.6) is 11.5 Å². The van der Waals surface area contributed by atoms with E-state index in [2.05, 4.69) is 22.0 Å². The van der Waals surface area contributed by atoms with Crippen molar-refractivity contribution in [2.75, 3.05) is 0 Å². The molecule has 0 saturated carbocycles. The summed E-state index contributed by atoms with van der Waals surface area (Å²) in [4.78, 5) is 10.9. The SMILES string of the molecule is Cc1cc(C(=O)O)ccc1Oc1cccc(Br)c1C#N. The van der Waals surface area contributed by atoms with Crippen LogP contribution in [0.4, 0.5) is 0 Å². The summed E-state index contributed by atoms with van der Waals surface area (Å²) in [6.45, 7) is 1.76. The van der Waals surface area contributed by atoms with Gasteiger partial charge in [-0.2, -0.15) is 5.26 Å². The first-order valence-corrected chi connectivity index (χ1v) is 6.52. The van der Waals surface area contributed by atoms with Crippen molar-refractivity contribution in [1.29, 1.82) is 5.26 Å². The monoisotopic (exact) mass is 331 g/mol. The number of hydrogen-bond acceptors (Lipinski definition) is 3. The Kier molecular flexibility index (Phi) is 4.06. The Labute approximate surface area is 124 Å². The molecule has 0 saturated heterocycles. The summed E-state index contributed by atoms with van der Waals surface area (Å²) < 4.78 is 6.35. The van der Waals surface area contributed by atoms with Crippen LogP contribution < -0.4 is 4.74 Å². The molecular weight excluding hydrogens is 322 g/mol. The topological polar surface area (TPSA) is 70.3 Å². The molecule has 2 aromatic rings. The van der Waals surface area contributed by atoms with E-state index in [1.165, 1.54) is 12.1 Å². The summed E-state index contributed by atoms with van der Waals surface area (Å²) in [5.74, 6) is -0.0440. The normalized spacial score (nSPS) is 9.85. The molecule has 0 spiro atoms. The highest BCUT2D eigenvalue weighted by Gasteiger charge is 2.11. The van der Waals surface area contributed by atoms with Crippen LogP contribution in [0.2, 0.25) is 0 Å². The molecule has 0 amide bonds. The lowest BCUT2D eigenvalue weighted by molar-refractivity contribution is 0.0697. The maximum Gasteiger partial charge on any atom is 0.335 e. The predicted molar refractivity (Wildman–Crippen MR) is 77.1 cm³/mol. The zero-order valence-corrected chi connectivity index (χ0v) is 12.1. The van der Waals surface area contributed by atoms with Gasteiger partial charge in [-0.3, -0.25) is 0 Å². The molecule has 2 aromatic carbocycles. The Bertz CT molecular complexity index is 720. The van der Waals surface area contributed by atoms with Crippen LogP contribution in [0.25, 0.3) is 0 Å². The van der Waals surface area contributed by atoms with Gasteiger partial charge in [-0.15, -0.1) is 0 Å². The number of hydrogen-bond donors (Lipinski definition) is 1. The highest BCUT2D eigenvalue weighted by Crippen LogP contribution is 2.31. The van der Waals surface area contributed by atoms with E-state index < -0.39 is 5.97 Å². The van der Waals surface area contributed by atoms with Crippen molar-refractivity contribution in [3.05, 3.63) is 57.6 Å². The van der Waals surface area contributed by atoms with Gasteiger partial charge in [-0.05, 0) is 58.7 Å². The first kappa shape index (κ1) is 14.1. The predicted octanol–water partition coefficient (Wildman–Crippen LogP) is 4.12. The molecule has 0 aromatic heterocycles. The molecule has 0 aliphatic carbocycles. The maximum absolute atomic E-state index is 10.9. The number of rotatable bonds is 3. The van der Waals surface area contributed by atoms with E-state index in [1.54, 1.807) is 31.2 Å². The smallest absolute Gasteiger partial charge is 0.335 e. The number of aromatic carboxylic acids is 1. The van der Waals surface area contributed by atoms with Gasteiger partial charge in [0.15, 0.2) is 0 Å². The summed E-state index contributed by atoms with van der Waals surface area (Å²) in [7, 11) is 0. The van der Waals surface area contributed by atoms with Crippen molar-refractivity contribution < 1.29 is 14.6 Å². The first-order chi connectivity index (χ1) is 9.52. The minimum Gasteiger partial charge on any atom is -0.478 e. The highest BCUT2D eigenvalue weighted by atomic mass is 79.9. The van der Waals surface area contributed by atoms with Crippen LogP contribution in [-0.2, 0) is 0 Å². The van der Waals surface area contributed by atoms with Crippen LogP contribution in [-0.4, -0.2) is 11.1 Å². The van der Waals surface area contributed by atoms with Crippen LogP contribution in [0.3, 0.4) is 0 Å². The number of carboxylic acids is 1. The van der Waals surface area contributed by atoms with Crippen molar-refractivity contribution in [3.8, 4) is 17.6 Å². The molecule has 0 unspecified atom stereocenters. The number of carbonyl (C=O) groups is 1. The third-order valence-electron chi connectivity index (χ3n) is 2.73. The zero-order valence-electron chi connectivity index (χ0n) is 10.6. The number of ether oxygens (including phenoxy) is 1. The second kappa shape index (κ2) is 5.76. The van der Waals surface area contributed by atoms with Gasteiger partial charge in [0.2, 0.25) is 0 Å². The van der Waals surface area contributed by atoms with Gasteiger partial charge in [-0.1, -0.05) is 6.07 Å². The van der Waals surface area contributed by atoms with Gasteiger partial charge in [0.05, 0.1) is 5.56 Å². The summed E-state index contributed by atoms with van der Waals surface area (Å²) in [6, 6.07) is 11.9. The maximum atomic E-state index is 10.9. The van der Waals surface area contributed by atoms with E-state index in [1.807, 2.05) is 0 Å². The lowest BCUT2D eigenvalue weighted by atomic mass is 10.1. The van der Waals surface area contributed by atoms with Gasteiger partial charge in [0.25, 0.3) is 0 Å². The minimum absolute atomic E-state index is 0.199. The van der Waals surface area contributed by atoms with Crippen molar-refractivity contribution in [1.82, 2.24) is 0 Å². The summed E-state index contributed by atoms with van der Waals surface area (Å²) in [6.07, 6.45) is 0. The van der Waals surface area contributed by atoms with E-state index >= 15 is 0 Å². The van der Waals surface area contributed by atoms with Gasteiger partial charge >= 0.3 is 5.97 Å². The van der Waals surface area contributed by atoms with E-state index in [0.717, 1.165) is 0 Å². The first-order valence-electron chi connectivity index (χ1n) is 5.73. The van der Waals surface area contributed by atoms with Crippen molar-refractivity contribution in [2.45, 2.75) is 6.92 Å². The van der Waals surface area contributed by atoms with Gasteiger partial charge < -0.3 is 9.84 Å². The number of nitrogens with zero attached hydrogens (tertiary/aromatic N) is 1. The Morgan fingerprint density at radius 1 is 1.30 bits per heavy atom. The largest absolute Gasteiger partial charge is 0.478 e. The Balaban J connectivity index is 2.39. The molecule has 0 aliphatic rings. The second-order valence-electron chi connectivity index (χ2n) is 4.11. The van der Waals surface area contributed by atoms with Gasteiger partial charge in [0.1, 0.15) is 23.1 Å². The molecule has 1 N–H and O–H groups in total. The van der Waals surface area contributed by atoms with E-state index in [-0.39, 0.29) is 5.56 Å². The molecule has 2 rings (SSSR count). The molecule has 4 nitrogen and oxygen atoms in total. The fraction of sp³-hybridized carbons (Fsp3) is 0.0667. The third kappa shape index (κ3) is 2.81. The molecular formula is C15H10BrNO3. The number of nitriles is 1. The van der Waals surface area contributed by atoms with Crippen molar-refractivity contribution in [3.63, 3.8) is 0 Å². The molecule has 0 atom stereocenters. The fourth-order valence-electron chi connectivity index (χ4n) is 1.71. The standard InChI is InChI=1S/C15H10BrNO3/c1-9-7-10(15(18)19)5-6-13(9)20-14-4-2-3-12(16)11(14)8-17/h2-7H,1H3,(H,18,19). The molecule has 0 bridgehead atoms. The zero-order chi connectivity index (χ0) is 14.7. The lowest BCUT2D eigenvalue weighted by Gasteiger charge is -2.11. The molecule has 20 heavy (non-hydrogen) atoms. The highest BCUT2D eigenvalue weighted by molar-refractivity contribution is 9.10. The molecule has 0 radical (unpaired) electrons. The molecule has 0 aliphatic heterocycles. The Hall–Kier alpha value is -2.32. The van der Waals surface area contributed by atoms with E-state index in [4.69, 9.17) is 15.1 Å². The van der Waals surface area contributed by atoms with Crippen LogP contribution in [0.1, 0.15) is 21.5 Å². The van der Waals surface area contributed by atoms with Crippen LogP contribution >= 0.6 is 15.9 Å². The second-order valence-corrected chi connectivity index (χ2v) is 4.97. The van der Waals surface area contributed by atoms with Crippen molar-refractivity contribution >= 4 is 21.9 Å². The number of aryl methyl sites for hydroxylation is 1.